The predicted molar refractivity (Wildman–Crippen MR) is 69.7 cm³/mol. The minimum absolute atomic E-state index is 0.175. The lowest BCUT2D eigenvalue weighted by Crippen LogP contribution is -2.45. The van der Waals surface area contributed by atoms with Crippen molar-refractivity contribution in [2.75, 3.05) is 0 Å². The summed E-state index contributed by atoms with van der Waals surface area (Å²) < 4.78 is 37.8. The highest BCUT2D eigenvalue weighted by Gasteiger charge is 2.44. The number of rotatable bonds is 3. The van der Waals surface area contributed by atoms with E-state index in [-0.39, 0.29) is 12.8 Å². The van der Waals surface area contributed by atoms with Gasteiger partial charge in [0, 0.05) is 5.54 Å². The first kappa shape index (κ1) is 14.4. The van der Waals surface area contributed by atoms with E-state index in [4.69, 9.17) is 5.73 Å². The first-order chi connectivity index (χ1) is 8.89. The number of hydrogen-bond acceptors (Lipinski definition) is 1. The molecule has 0 heterocycles. The third-order valence-corrected chi connectivity index (χ3v) is 4.20. The Hall–Kier alpha value is -1.03. The summed E-state index contributed by atoms with van der Waals surface area (Å²) >= 11 is 0. The van der Waals surface area contributed by atoms with Crippen LogP contribution in [0.15, 0.2) is 30.3 Å². The second-order valence-corrected chi connectivity index (χ2v) is 5.66. The smallest absolute Gasteiger partial charge is 0.325 e. The topological polar surface area (TPSA) is 26.0 Å². The first-order valence-electron chi connectivity index (χ1n) is 6.79. The van der Waals surface area contributed by atoms with Gasteiger partial charge in [0.05, 0.1) is 5.92 Å². The molecule has 0 radical (unpaired) electrons. The molecule has 1 aliphatic carbocycles. The van der Waals surface area contributed by atoms with Gasteiger partial charge in [-0.25, -0.2) is 0 Å². The molecule has 19 heavy (non-hydrogen) atoms. The van der Waals surface area contributed by atoms with E-state index in [1.807, 2.05) is 30.3 Å². The van der Waals surface area contributed by atoms with Gasteiger partial charge in [0.2, 0.25) is 0 Å². The van der Waals surface area contributed by atoms with E-state index < -0.39 is 17.6 Å². The summed E-state index contributed by atoms with van der Waals surface area (Å²) in [6, 6.07) is 9.96. The number of alkyl halides is 3. The molecule has 2 N–H and O–H groups in total. The fraction of sp³-hybridized carbons (Fsp3) is 0.600. The standard InChI is InChI=1S/C15H20F3N/c16-15(17,18)13-7-10-14(19,11-8-13)9-6-12-4-2-1-3-5-12/h1-5,13H,6-11,19H2. The maximum atomic E-state index is 12.6. The lowest BCUT2D eigenvalue weighted by molar-refractivity contribution is -0.184. The maximum Gasteiger partial charge on any atom is 0.391 e. The molecule has 2 rings (SSSR count). The van der Waals surface area contributed by atoms with Gasteiger partial charge in [-0.3, -0.25) is 0 Å². The number of hydrogen-bond donors (Lipinski definition) is 1. The van der Waals surface area contributed by atoms with E-state index in [1.165, 1.54) is 5.56 Å². The van der Waals surface area contributed by atoms with E-state index in [9.17, 15) is 13.2 Å². The molecular formula is C15H20F3N. The third kappa shape index (κ3) is 3.96. The highest BCUT2D eigenvalue weighted by atomic mass is 19.4. The van der Waals surface area contributed by atoms with Crippen LogP contribution < -0.4 is 5.73 Å². The molecule has 0 saturated heterocycles. The van der Waals surface area contributed by atoms with Crippen LogP contribution in [0.5, 0.6) is 0 Å². The van der Waals surface area contributed by atoms with Crippen molar-refractivity contribution in [1.82, 2.24) is 0 Å². The molecule has 0 atom stereocenters. The molecule has 1 nitrogen and oxygen atoms in total. The zero-order chi connectivity index (χ0) is 13.9. The van der Waals surface area contributed by atoms with Gasteiger partial charge in [0.25, 0.3) is 0 Å². The third-order valence-electron chi connectivity index (χ3n) is 4.20. The van der Waals surface area contributed by atoms with Gasteiger partial charge >= 0.3 is 6.18 Å². The highest BCUT2D eigenvalue weighted by molar-refractivity contribution is 5.15. The van der Waals surface area contributed by atoms with Crippen LogP contribution in [0.2, 0.25) is 0 Å². The van der Waals surface area contributed by atoms with Crippen LogP contribution in [0.25, 0.3) is 0 Å². The molecule has 0 bridgehead atoms. The number of aryl methyl sites for hydroxylation is 1. The minimum Gasteiger partial charge on any atom is -0.325 e. The van der Waals surface area contributed by atoms with Crippen LogP contribution in [0.3, 0.4) is 0 Å². The Bertz CT molecular complexity index is 392. The SMILES string of the molecule is NC1(CCc2ccccc2)CCC(C(F)(F)F)CC1. The first-order valence-corrected chi connectivity index (χ1v) is 6.79. The van der Waals surface area contributed by atoms with Crippen LogP contribution in [-0.4, -0.2) is 11.7 Å². The molecule has 1 saturated carbocycles. The van der Waals surface area contributed by atoms with Crippen molar-refractivity contribution < 1.29 is 13.2 Å². The molecule has 0 amide bonds. The van der Waals surface area contributed by atoms with E-state index in [2.05, 4.69) is 0 Å². The van der Waals surface area contributed by atoms with Crippen LogP contribution in [0.1, 0.15) is 37.7 Å². The minimum atomic E-state index is -4.05. The maximum absolute atomic E-state index is 12.6. The highest BCUT2D eigenvalue weighted by Crippen LogP contribution is 2.41. The largest absolute Gasteiger partial charge is 0.391 e. The Morgan fingerprint density at radius 1 is 1.11 bits per heavy atom. The summed E-state index contributed by atoms with van der Waals surface area (Å²) in [4.78, 5) is 0. The monoisotopic (exact) mass is 271 g/mol. The van der Waals surface area contributed by atoms with Crippen LogP contribution >= 0.6 is 0 Å². The summed E-state index contributed by atoms with van der Waals surface area (Å²) in [7, 11) is 0. The number of halogens is 3. The summed E-state index contributed by atoms with van der Waals surface area (Å²) in [5.74, 6) is -1.15. The molecular weight excluding hydrogens is 251 g/mol. The van der Waals surface area contributed by atoms with Gasteiger partial charge in [-0.1, -0.05) is 30.3 Å². The summed E-state index contributed by atoms with van der Waals surface area (Å²) in [6.07, 6.45) is -1.14. The Labute approximate surface area is 112 Å². The zero-order valence-corrected chi connectivity index (χ0v) is 10.9. The second-order valence-electron chi connectivity index (χ2n) is 5.66. The van der Waals surface area contributed by atoms with E-state index >= 15 is 0 Å². The fourth-order valence-electron chi connectivity index (χ4n) is 2.81. The van der Waals surface area contributed by atoms with Crippen molar-refractivity contribution in [3.05, 3.63) is 35.9 Å². The number of nitrogens with two attached hydrogens (primary N) is 1. The lowest BCUT2D eigenvalue weighted by atomic mass is 9.74. The Morgan fingerprint density at radius 3 is 2.21 bits per heavy atom. The van der Waals surface area contributed by atoms with Gasteiger partial charge in [0.15, 0.2) is 0 Å². The molecule has 1 aromatic rings. The van der Waals surface area contributed by atoms with Crippen molar-refractivity contribution in [2.45, 2.75) is 50.2 Å². The summed E-state index contributed by atoms with van der Waals surface area (Å²) in [5.41, 5.74) is 7.03. The van der Waals surface area contributed by atoms with Gasteiger partial charge in [-0.15, -0.1) is 0 Å². The van der Waals surface area contributed by atoms with Crippen LogP contribution in [-0.2, 0) is 6.42 Å². The zero-order valence-electron chi connectivity index (χ0n) is 10.9. The van der Waals surface area contributed by atoms with Crippen molar-refractivity contribution in [3.8, 4) is 0 Å². The molecule has 0 aromatic heterocycles. The molecule has 0 unspecified atom stereocenters. The van der Waals surface area contributed by atoms with E-state index in [1.54, 1.807) is 0 Å². The Kier molecular flexibility index (Phi) is 4.19. The Balaban J connectivity index is 1.85. The van der Waals surface area contributed by atoms with Gasteiger partial charge in [-0.2, -0.15) is 13.2 Å². The molecule has 4 heteroatoms. The average molecular weight is 271 g/mol. The van der Waals surface area contributed by atoms with Gasteiger partial charge < -0.3 is 5.73 Å². The van der Waals surface area contributed by atoms with Crippen molar-refractivity contribution >= 4 is 0 Å². The predicted octanol–water partition coefficient (Wildman–Crippen LogP) is 4.07. The van der Waals surface area contributed by atoms with Crippen molar-refractivity contribution in [2.24, 2.45) is 11.7 Å². The van der Waals surface area contributed by atoms with Gasteiger partial charge in [0.1, 0.15) is 0 Å². The average Bonchev–Trinajstić information content (AvgIpc) is 2.37. The molecule has 1 aromatic carbocycles. The molecule has 106 valence electrons. The fourth-order valence-corrected chi connectivity index (χ4v) is 2.81. The Morgan fingerprint density at radius 2 is 1.68 bits per heavy atom. The summed E-state index contributed by atoms with van der Waals surface area (Å²) in [6.45, 7) is 0. The molecule has 1 aliphatic rings. The van der Waals surface area contributed by atoms with E-state index in [0.717, 1.165) is 12.8 Å². The van der Waals surface area contributed by atoms with Crippen molar-refractivity contribution in [3.63, 3.8) is 0 Å². The normalized spacial score (nSPS) is 28.3. The van der Waals surface area contributed by atoms with Crippen molar-refractivity contribution in [1.29, 1.82) is 0 Å². The second kappa shape index (κ2) is 5.53. The molecule has 0 aliphatic heterocycles. The molecule has 1 fully saturated rings. The number of benzene rings is 1. The van der Waals surface area contributed by atoms with Crippen LogP contribution in [0, 0.1) is 5.92 Å². The lowest BCUT2D eigenvalue weighted by Gasteiger charge is -2.38. The van der Waals surface area contributed by atoms with E-state index in [0.29, 0.717) is 12.8 Å². The quantitative estimate of drug-likeness (QED) is 0.881. The summed E-state index contributed by atoms with van der Waals surface area (Å²) in [5, 5.41) is 0. The van der Waals surface area contributed by atoms with Gasteiger partial charge in [-0.05, 0) is 44.1 Å². The van der Waals surface area contributed by atoms with Crippen LogP contribution in [0.4, 0.5) is 13.2 Å². The molecule has 0 spiro atoms.